The zero-order valence-electron chi connectivity index (χ0n) is 20.1. The second kappa shape index (κ2) is 9.58. The number of hydrogen-bond acceptors (Lipinski definition) is 7. The number of ether oxygens (including phenoxy) is 2. The van der Waals surface area contributed by atoms with Crippen LogP contribution in [0.4, 0.5) is 16.2 Å². The lowest BCUT2D eigenvalue weighted by Gasteiger charge is -2.30. The van der Waals surface area contributed by atoms with Crippen LogP contribution in [0.2, 0.25) is 0 Å². The quantitative estimate of drug-likeness (QED) is 0.314. The van der Waals surface area contributed by atoms with E-state index >= 15 is 0 Å². The van der Waals surface area contributed by atoms with Crippen molar-refractivity contribution in [2.75, 3.05) is 11.1 Å². The molecular weight excluding hydrogens is 462 g/mol. The Hall–Kier alpha value is -3.59. The molecule has 8 nitrogen and oxygen atoms in total. The van der Waals surface area contributed by atoms with Gasteiger partial charge in [-0.15, -0.1) is 10.2 Å². The fourth-order valence-corrected chi connectivity index (χ4v) is 4.96. The summed E-state index contributed by atoms with van der Waals surface area (Å²) in [5.74, 6) is 0.776. The smallest absolute Gasteiger partial charge is 0.411 e. The van der Waals surface area contributed by atoms with Crippen LogP contribution < -0.4 is 15.8 Å². The van der Waals surface area contributed by atoms with E-state index in [1.165, 1.54) is 17.8 Å². The number of aryl methyl sites for hydroxylation is 1. The minimum atomic E-state index is -0.466. The van der Waals surface area contributed by atoms with Crippen molar-refractivity contribution >= 4 is 39.7 Å². The van der Waals surface area contributed by atoms with E-state index < -0.39 is 6.09 Å². The minimum absolute atomic E-state index is 0.177. The molecule has 1 aliphatic carbocycles. The largest absolute Gasteiger partial charge is 0.486 e. The van der Waals surface area contributed by atoms with Crippen molar-refractivity contribution in [1.82, 2.24) is 14.8 Å². The Labute approximate surface area is 208 Å². The van der Waals surface area contributed by atoms with Gasteiger partial charge in [0.1, 0.15) is 17.4 Å². The number of amides is 1. The third kappa shape index (κ3) is 4.81. The molecular formula is C26H29N5O3S. The Morgan fingerprint density at radius 3 is 2.60 bits per heavy atom. The van der Waals surface area contributed by atoms with Crippen molar-refractivity contribution in [2.45, 2.75) is 58.8 Å². The fourth-order valence-electron chi connectivity index (χ4n) is 4.34. The zero-order valence-corrected chi connectivity index (χ0v) is 20.9. The third-order valence-electron chi connectivity index (χ3n) is 6.13. The number of aromatic nitrogens is 3. The van der Waals surface area contributed by atoms with Gasteiger partial charge in [-0.05, 0) is 64.3 Å². The molecule has 0 spiro atoms. The van der Waals surface area contributed by atoms with Crippen molar-refractivity contribution in [3.05, 3.63) is 52.5 Å². The van der Waals surface area contributed by atoms with Crippen LogP contribution in [-0.4, -0.2) is 27.0 Å². The summed E-state index contributed by atoms with van der Waals surface area (Å²) in [6, 6.07) is 14.2. The monoisotopic (exact) mass is 491 g/mol. The molecule has 5 rings (SSSR count). The summed E-state index contributed by atoms with van der Waals surface area (Å²) in [6.07, 6.45) is 2.80. The molecule has 4 aromatic rings. The molecule has 35 heavy (non-hydrogen) atoms. The summed E-state index contributed by atoms with van der Waals surface area (Å²) in [4.78, 5) is 11.9. The lowest BCUT2D eigenvalue weighted by atomic mass is 9.92. The SMILES string of the molecule is Cc1nnc(COc2ccc3c(N)c(-c4ccc(NC(=O)OC(C)C)cc4)n(C4CCC4)c3c2)s1. The van der Waals surface area contributed by atoms with Crippen molar-refractivity contribution < 1.29 is 14.3 Å². The van der Waals surface area contributed by atoms with Gasteiger partial charge in [-0.3, -0.25) is 5.32 Å². The minimum Gasteiger partial charge on any atom is -0.486 e. The van der Waals surface area contributed by atoms with E-state index in [-0.39, 0.29) is 6.10 Å². The normalized spacial score (nSPS) is 13.7. The van der Waals surface area contributed by atoms with Gasteiger partial charge in [0, 0.05) is 28.7 Å². The number of nitrogens with two attached hydrogens (primary N) is 1. The number of benzene rings is 2. The lowest BCUT2D eigenvalue weighted by molar-refractivity contribution is 0.130. The molecule has 1 fully saturated rings. The van der Waals surface area contributed by atoms with Crippen LogP contribution in [0.15, 0.2) is 42.5 Å². The van der Waals surface area contributed by atoms with E-state index in [1.54, 1.807) is 0 Å². The first-order valence-electron chi connectivity index (χ1n) is 11.8. The van der Waals surface area contributed by atoms with Gasteiger partial charge in [-0.25, -0.2) is 4.79 Å². The molecule has 0 unspecified atom stereocenters. The molecule has 1 aliphatic rings. The van der Waals surface area contributed by atoms with Crippen LogP contribution in [0, 0.1) is 6.92 Å². The van der Waals surface area contributed by atoms with Crippen LogP contribution in [0.5, 0.6) is 5.75 Å². The Balaban J connectivity index is 1.46. The predicted molar refractivity (Wildman–Crippen MR) is 139 cm³/mol. The predicted octanol–water partition coefficient (Wildman–Crippen LogP) is 6.31. The Morgan fingerprint density at radius 1 is 1.20 bits per heavy atom. The average Bonchev–Trinajstić information content (AvgIpc) is 3.32. The summed E-state index contributed by atoms with van der Waals surface area (Å²) in [5, 5.41) is 13.7. The lowest BCUT2D eigenvalue weighted by Crippen LogP contribution is -2.18. The summed E-state index contributed by atoms with van der Waals surface area (Å²) in [7, 11) is 0. The maximum atomic E-state index is 11.9. The highest BCUT2D eigenvalue weighted by Gasteiger charge is 2.27. The second-order valence-corrected chi connectivity index (χ2v) is 10.3. The summed E-state index contributed by atoms with van der Waals surface area (Å²) in [5.41, 5.74) is 11.2. The van der Waals surface area contributed by atoms with Gasteiger partial charge in [0.15, 0.2) is 5.01 Å². The van der Waals surface area contributed by atoms with Crippen molar-refractivity contribution in [3.8, 4) is 17.0 Å². The van der Waals surface area contributed by atoms with Gasteiger partial charge < -0.3 is 19.8 Å². The van der Waals surface area contributed by atoms with Crippen molar-refractivity contribution in [2.24, 2.45) is 0 Å². The molecule has 1 amide bonds. The first kappa shape index (κ1) is 23.2. The maximum absolute atomic E-state index is 11.9. The highest BCUT2D eigenvalue weighted by molar-refractivity contribution is 7.11. The number of anilines is 2. The van der Waals surface area contributed by atoms with Gasteiger partial charge in [0.25, 0.3) is 0 Å². The van der Waals surface area contributed by atoms with E-state index in [0.29, 0.717) is 18.3 Å². The first-order valence-corrected chi connectivity index (χ1v) is 12.6. The number of nitrogens with zero attached hydrogens (tertiary/aromatic N) is 3. The molecule has 0 aliphatic heterocycles. The number of carbonyl (C=O) groups excluding carboxylic acids is 1. The Morgan fingerprint density at radius 2 is 1.97 bits per heavy atom. The number of rotatable bonds is 7. The van der Waals surface area contributed by atoms with Gasteiger partial charge in [-0.2, -0.15) is 0 Å². The number of carbonyl (C=O) groups is 1. The molecule has 9 heteroatoms. The van der Waals surface area contributed by atoms with E-state index in [2.05, 4.69) is 26.1 Å². The van der Waals surface area contributed by atoms with Crippen LogP contribution in [0.3, 0.4) is 0 Å². The zero-order chi connectivity index (χ0) is 24.5. The fraction of sp³-hybridized carbons (Fsp3) is 0.346. The van der Waals surface area contributed by atoms with Gasteiger partial charge in [0.2, 0.25) is 0 Å². The van der Waals surface area contributed by atoms with E-state index in [9.17, 15) is 4.79 Å². The molecule has 0 atom stereocenters. The van der Waals surface area contributed by atoms with Crippen LogP contribution >= 0.6 is 11.3 Å². The molecule has 2 heterocycles. The Bertz CT molecular complexity index is 1360. The average molecular weight is 492 g/mol. The molecule has 182 valence electrons. The molecule has 1 saturated carbocycles. The van der Waals surface area contributed by atoms with Gasteiger partial charge in [0.05, 0.1) is 23.0 Å². The number of nitrogens with one attached hydrogen (secondary N) is 1. The number of fused-ring (bicyclic) bond motifs is 1. The molecule has 0 bridgehead atoms. The molecule has 2 aromatic heterocycles. The standard InChI is InChI=1S/C26H29N5O3S/c1-15(2)34-26(32)28-18-9-7-17(8-10-18)25-24(27)21-12-11-20(33-14-23-30-29-16(3)35-23)13-22(21)31(25)19-5-4-6-19/h7-13,15,19H,4-6,14,27H2,1-3H3,(H,28,32). The van der Waals surface area contributed by atoms with Crippen LogP contribution in [0.25, 0.3) is 22.2 Å². The van der Waals surface area contributed by atoms with Crippen molar-refractivity contribution in [3.63, 3.8) is 0 Å². The first-order chi connectivity index (χ1) is 16.9. The second-order valence-electron chi connectivity index (χ2n) is 9.06. The van der Waals surface area contributed by atoms with E-state index in [1.807, 2.05) is 57.2 Å². The highest BCUT2D eigenvalue weighted by Crippen LogP contribution is 2.45. The molecule has 3 N–H and O–H groups in total. The Kier molecular flexibility index (Phi) is 6.34. The maximum Gasteiger partial charge on any atom is 0.411 e. The summed E-state index contributed by atoms with van der Waals surface area (Å²) >= 11 is 1.54. The van der Waals surface area contributed by atoms with Gasteiger partial charge in [-0.1, -0.05) is 23.5 Å². The highest BCUT2D eigenvalue weighted by atomic mass is 32.1. The van der Waals surface area contributed by atoms with E-state index in [4.69, 9.17) is 15.2 Å². The molecule has 0 saturated heterocycles. The third-order valence-corrected chi connectivity index (χ3v) is 6.94. The number of hydrogen-bond donors (Lipinski definition) is 2. The topological polar surface area (TPSA) is 104 Å². The van der Waals surface area contributed by atoms with Gasteiger partial charge >= 0.3 is 6.09 Å². The summed E-state index contributed by atoms with van der Waals surface area (Å²) in [6.45, 7) is 5.96. The molecule has 2 aromatic carbocycles. The summed E-state index contributed by atoms with van der Waals surface area (Å²) < 4.78 is 13.6. The van der Waals surface area contributed by atoms with Crippen LogP contribution in [-0.2, 0) is 11.3 Å². The molecule has 0 radical (unpaired) electrons. The van der Waals surface area contributed by atoms with Crippen LogP contribution in [0.1, 0.15) is 49.2 Å². The van der Waals surface area contributed by atoms with E-state index in [0.717, 1.165) is 56.5 Å². The van der Waals surface area contributed by atoms with Crippen molar-refractivity contribution in [1.29, 1.82) is 0 Å². The number of nitrogen functional groups attached to an aromatic ring is 1.